The molecule has 0 atom stereocenters. The average Bonchev–Trinajstić information content (AvgIpc) is 3.30. The topological polar surface area (TPSA) is 88.4 Å². The Balaban J connectivity index is -0.000000860. The summed E-state index contributed by atoms with van der Waals surface area (Å²) in [4.78, 5) is 13.6. The minimum absolute atomic E-state index is 0.0583. The zero-order valence-electron chi connectivity index (χ0n) is 43.3. The summed E-state index contributed by atoms with van der Waals surface area (Å²) in [5, 5.41) is 20.5. The van der Waals surface area contributed by atoms with Crippen LogP contribution in [-0.4, -0.2) is 32.3 Å². The summed E-state index contributed by atoms with van der Waals surface area (Å²) in [7, 11) is 1.58. The molecule has 4 aromatic rings. The molecule has 0 spiro atoms. The number of hydrogen-bond donors (Lipinski definition) is 2. The monoisotopic (exact) mass is 874 g/mol. The molecule has 3 aromatic carbocycles. The number of phenolic OH excluding ortho intramolecular Hbond substituents is 2. The Labute approximate surface area is 390 Å². The molecule has 0 bridgehead atoms. The van der Waals surface area contributed by atoms with Crippen molar-refractivity contribution in [3.05, 3.63) is 72.8 Å². The number of unbranched alkanes of at least 4 members (excludes halogenated alkanes) is 18. The number of aromatic hydroxyl groups is 2. The van der Waals surface area contributed by atoms with E-state index >= 15 is 0 Å². The van der Waals surface area contributed by atoms with Gasteiger partial charge >= 0.3 is 0 Å². The van der Waals surface area contributed by atoms with Gasteiger partial charge in [0.05, 0.1) is 23.8 Å². The molecule has 0 amide bonds. The van der Waals surface area contributed by atoms with Crippen molar-refractivity contribution in [3.63, 3.8) is 0 Å². The molecule has 0 saturated carbocycles. The maximum Gasteiger partial charge on any atom is 0.167 e. The quantitative estimate of drug-likeness (QED) is 0.0765. The van der Waals surface area contributed by atoms with E-state index in [4.69, 9.17) is 4.74 Å². The van der Waals surface area contributed by atoms with Crippen LogP contribution in [0.1, 0.15) is 231 Å². The molecule has 360 valence electrons. The number of rotatable bonds is 22. The standard InChI is InChI=1S/C22H17N3O3.2C12H26.3C3H8.C2H6/c1-28-19-13-7-4-10-16(19)22-24-20(14-8-2-5-11-17(14)26)23-21(25-22)15-9-3-6-12-18(15)27;2*1-3-5-7-9-11-12-10-8-6-4-2;3*1-3-2;1-2/h2-13,26-27H,1H3;2*3-12H2,1-2H3;3*3H2,1-2H3;1-2H3. The Morgan fingerprint density at radius 3 is 0.825 bits per heavy atom. The SMILES string of the molecule is CC.CCC.CCC.CCC.CCCCCCCCCCCC.CCCCCCCCCCCC.COc1ccccc1-c1nc(-c2ccccc2O)nc(-c2ccccc2O)n1. The van der Waals surface area contributed by atoms with E-state index in [1.807, 2.05) is 38.1 Å². The maximum atomic E-state index is 10.3. The van der Waals surface area contributed by atoms with Crippen molar-refractivity contribution >= 4 is 0 Å². The predicted octanol–water partition coefficient (Wildman–Crippen LogP) is 19.4. The smallest absolute Gasteiger partial charge is 0.167 e. The van der Waals surface area contributed by atoms with Crippen LogP contribution in [0.25, 0.3) is 34.2 Å². The molecule has 63 heavy (non-hydrogen) atoms. The van der Waals surface area contributed by atoms with Crippen molar-refractivity contribution in [2.45, 2.75) is 231 Å². The number of hydrogen-bond acceptors (Lipinski definition) is 6. The van der Waals surface area contributed by atoms with Gasteiger partial charge in [-0.1, -0.05) is 267 Å². The van der Waals surface area contributed by atoms with Crippen LogP contribution in [0.2, 0.25) is 0 Å². The molecule has 0 aliphatic rings. The van der Waals surface area contributed by atoms with Gasteiger partial charge < -0.3 is 14.9 Å². The van der Waals surface area contributed by atoms with Crippen molar-refractivity contribution in [1.29, 1.82) is 0 Å². The van der Waals surface area contributed by atoms with E-state index in [-0.39, 0.29) is 11.5 Å². The van der Waals surface area contributed by atoms with Crippen LogP contribution in [0.15, 0.2) is 72.8 Å². The van der Waals surface area contributed by atoms with E-state index in [1.165, 1.54) is 148 Å². The van der Waals surface area contributed by atoms with Gasteiger partial charge in [0.25, 0.3) is 0 Å². The lowest BCUT2D eigenvalue weighted by atomic mass is 10.1. The van der Waals surface area contributed by atoms with Gasteiger partial charge in [0, 0.05) is 0 Å². The highest BCUT2D eigenvalue weighted by molar-refractivity contribution is 5.73. The van der Waals surface area contributed by atoms with Crippen LogP contribution in [-0.2, 0) is 0 Å². The Morgan fingerprint density at radius 2 is 0.571 bits per heavy atom. The van der Waals surface area contributed by atoms with Crippen molar-refractivity contribution in [3.8, 4) is 51.4 Å². The summed E-state index contributed by atoms with van der Waals surface area (Å²) in [5.41, 5.74) is 1.62. The highest BCUT2D eigenvalue weighted by atomic mass is 16.5. The minimum Gasteiger partial charge on any atom is -0.507 e. The van der Waals surface area contributed by atoms with Gasteiger partial charge in [-0.15, -0.1) is 0 Å². The van der Waals surface area contributed by atoms with Crippen molar-refractivity contribution in [2.24, 2.45) is 0 Å². The Morgan fingerprint density at radius 1 is 0.349 bits per heavy atom. The fraction of sp³-hybridized carbons (Fsp3) is 0.632. The largest absolute Gasteiger partial charge is 0.507 e. The van der Waals surface area contributed by atoms with Crippen molar-refractivity contribution in [1.82, 2.24) is 15.0 Å². The second-order valence-corrected chi connectivity index (χ2v) is 15.8. The fourth-order valence-electron chi connectivity index (χ4n) is 6.01. The van der Waals surface area contributed by atoms with E-state index in [9.17, 15) is 10.2 Å². The number of benzene rings is 3. The first-order chi connectivity index (χ1) is 30.7. The van der Waals surface area contributed by atoms with E-state index < -0.39 is 0 Å². The highest BCUT2D eigenvalue weighted by Gasteiger charge is 2.17. The lowest BCUT2D eigenvalue weighted by Gasteiger charge is -2.11. The molecule has 0 aliphatic heterocycles. The number of para-hydroxylation sites is 3. The van der Waals surface area contributed by atoms with Gasteiger partial charge in [-0.25, -0.2) is 15.0 Å². The number of aromatic nitrogens is 3. The molecule has 0 aliphatic carbocycles. The molecule has 0 saturated heterocycles. The number of phenols is 2. The molecule has 2 N–H and O–H groups in total. The number of nitrogens with zero attached hydrogens (tertiary/aromatic N) is 3. The van der Waals surface area contributed by atoms with Gasteiger partial charge in [0.2, 0.25) is 0 Å². The third-order valence-electron chi connectivity index (χ3n) is 9.19. The van der Waals surface area contributed by atoms with Gasteiger partial charge in [0.15, 0.2) is 17.5 Å². The Bertz CT molecular complexity index is 1420. The lowest BCUT2D eigenvalue weighted by molar-refractivity contribution is 0.416. The van der Waals surface area contributed by atoms with Gasteiger partial charge in [-0.05, 0) is 36.4 Å². The summed E-state index contributed by atoms with van der Waals surface area (Å²) >= 11 is 0. The predicted molar refractivity (Wildman–Crippen MR) is 280 cm³/mol. The summed E-state index contributed by atoms with van der Waals surface area (Å²) in [6.07, 6.45) is 32.6. The average molecular weight is 874 g/mol. The lowest BCUT2D eigenvalue weighted by Crippen LogP contribution is -2.01. The first-order valence-electron chi connectivity index (χ1n) is 25.7. The molecule has 0 fully saturated rings. The molecule has 6 heteroatoms. The zero-order valence-corrected chi connectivity index (χ0v) is 43.3. The normalized spacial score (nSPS) is 9.67. The molecule has 0 unspecified atom stereocenters. The minimum atomic E-state index is 0.0583. The molecule has 6 nitrogen and oxygen atoms in total. The second kappa shape index (κ2) is 49.1. The summed E-state index contributed by atoms with van der Waals surface area (Å²) in [5.74, 6) is 1.70. The van der Waals surface area contributed by atoms with Gasteiger partial charge in [-0.2, -0.15) is 0 Å². The Kier molecular flexibility index (Phi) is 49.4. The van der Waals surface area contributed by atoms with Crippen LogP contribution in [0, 0.1) is 0 Å². The van der Waals surface area contributed by atoms with E-state index in [1.54, 1.807) is 55.6 Å². The summed E-state index contributed by atoms with van der Waals surface area (Å²) in [6.45, 7) is 25.9. The molecular weight excluding hydrogens is 775 g/mol. The second-order valence-electron chi connectivity index (χ2n) is 15.8. The van der Waals surface area contributed by atoms with Crippen molar-refractivity contribution in [2.75, 3.05) is 7.11 Å². The first kappa shape index (κ1) is 63.4. The first-order valence-corrected chi connectivity index (χ1v) is 25.7. The molecule has 4 rings (SSSR count). The maximum absolute atomic E-state index is 10.3. The zero-order chi connectivity index (χ0) is 47.8. The van der Waals surface area contributed by atoms with E-state index in [2.05, 4.69) is 84.2 Å². The number of ether oxygens (including phenoxy) is 1. The molecule has 0 radical (unpaired) electrons. The third kappa shape index (κ3) is 34.2. The number of methoxy groups -OCH3 is 1. The highest BCUT2D eigenvalue weighted by Crippen LogP contribution is 2.34. The summed E-state index contributed by atoms with van der Waals surface area (Å²) < 4.78 is 5.44. The van der Waals surface area contributed by atoms with Crippen LogP contribution >= 0.6 is 0 Å². The van der Waals surface area contributed by atoms with Crippen LogP contribution in [0.5, 0.6) is 17.2 Å². The molecule has 1 aromatic heterocycles. The van der Waals surface area contributed by atoms with E-state index in [0.717, 1.165) is 0 Å². The Hall–Kier alpha value is -3.93. The summed E-state index contributed by atoms with van der Waals surface area (Å²) in [6, 6.07) is 21.0. The van der Waals surface area contributed by atoms with Gasteiger partial charge in [0.1, 0.15) is 17.2 Å². The van der Waals surface area contributed by atoms with E-state index in [0.29, 0.717) is 39.9 Å². The van der Waals surface area contributed by atoms with Gasteiger partial charge in [-0.3, -0.25) is 0 Å². The molecular formula is C57H99N3O3. The van der Waals surface area contributed by atoms with Crippen molar-refractivity contribution < 1.29 is 14.9 Å². The third-order valence-corrected chi connectivity index (χ3v) is 9.19. The van der Waals surface area contributed by atoms with Crippen LogP contribution < -0.4 is 4.74 Å². The van der Waals surface area contributed by atoms with Crippen LogP contribution in [0.4, 0.5) is 0 Å². The molecule has 1 heterocycles. The van der Waals surface area contributed by atoms with Crippen LogP contribution in [0.3, 0.4) is 0 Å². The fourth-order valence-corrected chi connectivity index (χ4v) is 6.01.